The zero-order valence-electron chi connectivity index (χ0n) is 11.0. The lowest BCUT2D eigenvalue weighted by atomic mass is 9.90. The van der Waals surface area contributed by atoms with Gasteiger partial charge in [-0.2, -0.15) is 0 Å². The van der Waals surface area contributed by atoms with Gasteiger partial charge >= 0.3 is 0 Å². The van der Waals surface area contributed by atoms with Gasteiger partial charge in [0.1, 0.15) is 0 Å². The van der Waals surface area contributed by atoms with Crippen molar-refractivity contribution in [3.05, 3.63) is 34.9 Å². The van der Waals surface area contributed by atoms with E-state index in [9.17, 15) is 0 Å². The van der Waals surface area contributed by atoms with E-state index in [1.54, 1.807) is 0 Å². The second-order valence-corrected chi connectivity index (χ2v) is 5.06. The molecule has 1 aromatic rings. The van der Waals surface area contributed by atoms with Crippen LogP contribution in [0.1, 0.15) is 32.3 Å². The summed E-state index contributed by atoms with van der Waals surface area (Å²) in [6.45, 7) is 5.98. The zero-order valence-corrected chi connectivity index (χ0v) is 11.8. The van der Waals surface area contributed by atoms with E-state index in [4.69, 9.17) is 17.3 Å². The maximum absolute atomic E-state index is 6.00. The van der Waals surface area contributed by atoms with Gasteiger partial charge in [-0.3, -0.25) is 4.90 Å². The van der Waals surface area contributed by atoms with Crippen LogP contribution in [-0.4, -0.2) is 24.0 Å². The van der Waals surface area contributed by atoms with Crippen molar-refractivity contribution in [2.24, 2.45) is 5.73 Å². The Morgan fingerprint density at radius 2 is 1.94 bits per heavy atom. The summed E-state index contributed by atoms with van der Waals surface area (Å²) in [5, 5.41) is 0.794. The van der Waals surface area contributed by atoms with Gasteiger partial charge in [0.2, 0.25) is 0 Å². The van der Waals surface area contributed by atoms with E-state index < -0.39 is 0 Å². The number of rotatable bonds is 6. The summed E-state index contributed by atoms with van der Waals surface area (Å²) in [7, 11) is 2.14. The number of nitrogens with two attached hydrogens (primary N) is 1. The molecule has 0 aliphatic heterocycles. The Balaban J connectivity index is 2.80. The summed E-state index contributed by atoms with van der Waals surface area (Å²) in [5.74, 6) is 0. The van der Waals surface area contributed by atoms with Gasteiger partial charge in [0.05, 0.1) is 0 Å². The van der Waals surface area contributed by atoms with E-state index in [0.717, 1.165) is 24.4 Å². The molecule has 2 N–H and O–H groups in total. The molecule has 3 heteroatoms. The van der Waals surface area contributed by atoms with Gasteiger partial charge in [0.25, 0.3) is 0 Å². The summed E-state index contributed by atoms with van der Waals surface area (Å²) < 4.78 is 0. The van der Waals surface area contributed by atoms with Gasteiger partial charge in [0.15, 0.2) is 0 Å². The molecule has 0 atom stereocenters. The number of benzene rings is 1. The molecule has 0 radical (unpaired) electrons. The molecule has 0 unspecified atom stereocenters. The molecule has 0 aliphatic rings. The summed E-state index contributed by atoms with van der Waals surface area (Å²) in [5.41, 5.74) is 7.28. The summed E-state index contributed by atoms with van der Waals surface area (Å²) in [6.07, 6.45) is 2.13. The molecule has 0 spiro atoms. The van der Waals surface area contributed by atoms with E-state index in [1.807, 2.05) is 18.2 Å². The average molecular weight is 255 g/mol. The molecule has 0 aliphatic carbocycles. The molecule has 0 fully saturated rings. The Morgan fingerprint density at radius 3 is 2.41 bits per heavy atom. The molecule has 0 saturated carbocycles. The second kappa shape index (κ2) is 6.39. The number of hydrogen-bond acceptors (Lipinski definition) is 2. The van der Waals surface area contributed by atoms with Crippen molar-refractivity contribution in [3.63, 3.8) is 0 Å². The van der Waals surface area contributed by atoms with E-state index in [0.29, 0.717) is 6.54 Å². The molecule has 1 aromatic carbocycles. The normalized spacial score (nSPS) is 12.1. The molecule has 0 bridgehead atoms. The minimum atomic E-state index is 0.0995. The molecule has 1 rings (SSSR count). The quantitative estimate of drug-likeness (QED) is 0.844. The molecule has 0 amide bonds. The van der Waals surface area contributed by atoms with Crippen molar-refractivity contribution in [3.8, 4) is 0 Å². The van der Waals surface area contributed by atoms with Crippen LogP contribution in [0, 0.1) is 0 Å². The number of nitrogens with zero attached hydrogens (tertiary/aromatic N) is 1. The third-order valence-electron chi connectivity index (χ3n) is 3.81. The van der Waals surface area contributed by atoms with E-state index in [2.05, 4.69) is 31.9 Å². The molecule has 0 heterocycles. The fraction of sp³-hybridized carbons (Fsp3) is 0.571. The lowest BCUT2D eigenvalue weighted by Gasteiger charge is -2.40. The Labute approximate surface area is 110 Å². The number of likely N-dealkylation sites (N-methyl/N-ethyl adjacent to an activating group) is 1. The van der Waals surface area contributed by atoms with Crippen molar-refractivity contribution >= 4 is 11.6 Å². The van der Waals surface area contributed by atoms with Crippen LogP contribution < -0.4 is 5.73 Å². The first-order chi connectivity index (χ1) is 8.07. The van der Waals surface area contributed by atoms with Crippen LogP contribution in [0.2, 0.25) is 5.02 Å². The molecule has 17 heavy (non-hydrogen) atoms. The lowest BCUT2D eigenvalue weighted by Crippen LogP contribution is -2.50. The predicted octanol–water partition coefficient (Wildman–Crippen LogP) is 3.29. The average Bonchev–Trinajstić information content (AvgIpc) is 2.32. The molecule has 0 saturated heterocycles. The summed E-state index contributed by atoms with van der Waals surface area (Å²) >= 11 is 6.00. The van der Waals surface area contributed by atoms with Gasteiger partial charge in [-0.15, -0.1) is 0 Å². The number of halogens is 1. The largest absolute Gasteiger partial charge is 0.329 e. The smallest absolute Gasteiger partial charge is 0.0409 e. The van der Waals surface area contributed by atoms with Crippen molar-refractivity contribution < 1.29 is 0 Å². The summed E-state index contributed by atoms with van der Waals surface area (Å²) in [6, 6.07) is 8.02. The maximum atomic E-state index is 6.00. The highest BCUT2D eigenvalue weighted by molar-refractivity contribution is 6.30. The molecule has 2 nitrogen and oxygen atoms in total. The topological polar surface area (TPSA) is 29.3 Å². The molecule has 96 valence electrons. The highest BCUT2D eigenvalue weighted by Gasteiger charge is 2.29. The van der Waals surface area contributed by atoms with Crippen molar-refractivity contribution in [2.75, 3.05) is 13.6 Å². The first kappa shape index (κ1) is 14.5. The summed E-state index contributed by atoms with van der Waals surface area (Å²) in [4.78, 5) is 2.35. The first-order valence-electron chi connectivity index (χ1n) is 6.23. The van der Waals surface area contributed by atoms with Crippen molar-refractivity contribution in [2.45, 2.75) is 38.8 Å². The Bertz CT molecular complexity index is 340. The molecular formula is C14H23ClN2. The molecular weight excluding hydrogens is 232 g/mol. The van der Waals surface area contributed by atoms with Crippen LogP contribution >= 0.6 is 11.6 Å². The van der Waals surface area contributed by atoms with Gasteiger partial charge < -0.3 is 5.73 Å². The third kappa shape index (κ3) is 3.44. The highest BCUT2D eigenvalue weighted by atomic mass is 35.5. The van der Waals surface area contributed by atoms with Crippen molar-refractivity contribution in [1.82, 2.24) is 4.90 Å². The van der Waals surface area contributed by atoms with Gasteiger partial charge in [0, 0.05) is 23.7 Å². The predicted molar refractivity (Wildman–Crippen MR) is 75.3 cm³/mol. The fourth-order valence-electron chi connectivity index (χ4n) is 2.31. The fourth-order valence-corrected chi connectivity index (χ4v) is 2.52. The van der Waals surface area contributed by atoms with Crippen LogP contribution in [0.3, 0.4) is 0 Å². The van der Waals surface area contributed by atoms with Crippen LogP contribution in [0.4, 0.5) is 0 Å². The zero-order chi connectivity index (χ0) is 12.9. The Hall–Kier alpha value is -0.570. The highest BCUT2D eigenvalue weighted by Crippen LogP contribution is 2.24. The molecule has 0 aromatic heterocycles. The van der Waals surface area contributed by atoms with E-state index in [1.165, 1.54) is 5.56 Å². The Kier molecular flexibility index (Phi) is 5.44. The Morgan fingerprint density at radius 1 is 1.29 bits per heavy atom. The van der Waals surface area contributed by atoms with Gasteiger partial charge in [-0.25, -0.2) is 0 Å². The van der Waals surface area contributed by atoms with Crippen LogP contribution in [0.5, 0.6) is 0 Å². The van der Waals surface area contributed by atoms with Crippen LogP contribution in [0.25, 0.3) is 0 Å². The van der Waals surface area contributed by atoms with Crippen LogP contribution in [-0.2, 0) is 6.54 Å². The third-order valence-corrected chi connectivity index (χ3v) is 4.05. The van der Waals surface area contributed by atoms with Crippen LogP contribution in [0.15, 0.2) is 24.3 Å². The monoisotopic (exact) mass is 254 g/mol. The first-order valence-corrected chi connectivity index (χ1v) is 6.61. The minimum absolute atomic E-state index is 0.0995. The minimum Gasteiger partial charge on any atom is -0.329 e. The van der Waals surface area contributed by atoms with E-state index >= 15 is 0 Å². The standard InChI is InChI=1S/C14H23ClN2/c1-4-14(5-2,11-16)17(3)10-12-7-6-8-13(15)9-12/h6-9H,4-5,10-11,16H2,1-3H3. The lowest BCUT2D eigenvalue weighted by molar-refractivity contribution is 0.108. The van der Waals surface area contributed by atoms with Gasteiger partial charge in [-0.1, -0.05) is 37.6 Å². The second-order valence-electron chi connectivity index (χ2n) is 4.62. The van der Waals surface area contributed by atoms with E-state index in [-0.39, 0.29) is 5.54 Å². The van der Waals surface area contributed by atoms with Crippen molar-refractivity contribution in [1.29, 1.82) is 0 Å². The van der Waals surface area contributed by atoms with Gasteiger partial charge in [-0.05, 0) is 37.6 Å². The maximum Gasteiger partial charge on any atom is 0.0409 e. The number of hydrogen-bond donors (Lipinski definition) is 1. The SMILES string of the molecule is CCC(CC)(CN)N(C)Cc1cccc(Cl)c1.